The molecule has 11 nitrogen and oxygen atoms in total. The van der Waals surface area contributed by atoms with Gasteiger partial charge in [0.1, 0.15) is 0 Å². The second-order valence-electron chi connectivity index (χ2n) is 7.87. The van der Waals surface area contributed by atoms with Crippen LogP contribution >= 0.6 is 0 Å². The third-order valence-corrected chi connectivity index (χ3v) is 5.62. The molecule has 2 aliphatic heterocycles. The number of hydrogen-bond acceptors (Lipinski definition) is 7. The zero-order valence-electron chi connectivity index (χ0n) is 18.3. The van der Waals surface area contributed by atoms with Gasteiger partial charge in [0.05, 0.1) is 12.5 Å². The molecule has 174 valence electrons. The molecule has 3 rings (SSSR count). The van der Waals surface area contributed by atoms with Crippen molar-refractivity contribution in [3.8, 4) is 0 Å². The number of amides is 2. The predicted octanol–water partition coefficient (Wildman–Crippen LogP) is -0.659. The largest absolute Gasteiger partial charge is 0.483 e. The minimum absolute atomic E-state index is 0.0129. The van der Waals surface area contributed by atoms with Gasteiger partial charge in [-0.3, -0.25) is 19.3 Å². The van der Waals surface area contributed by atoms with Crippen molar-refractivity contribution in [3.63, 3.8) is 0 Å². The molecule has 31 heavy (non-hydrogen) atoms. The molecular formula is C20H34N6O5. The highest BCUT2D eigenvalue weighted by molar-refractivity contribution is 5.90. The Labute approximate surface area is 182 Å². The lowest BCUT2D eigenvalue weighted by Crippen LogP contribution is -2.51. The van der Waals surface area contributed by atoms with Gasteiger partial charge in [0.2, 0.25) is 5.91 Å². The molecule has 0 spiro atoms. The molecule has 1 aromatic heterocycles. The highest BCUT2D eigenvalue weighted by Crippen LogP contribution is 2.19. The van der Waals surface area contributed by atoms with E-state index in [1.54, 1.807) is 19.5 Å². The number of ether oxygens (including phenoxy) is 1. The molecule has 2 atom stereocenters. The average molecular weight is 439 g/mol. The Kier molecular flexibility index (Phi) is 10.4. The first-order chi connectivity index (χ1) is 15.0. The van der Waals surface area contributed by atoms with Crippen LogP contribution in [0.4, 0.5) is 0 Å². The summed E-state index contributed by atoms with van der Waals surface area (Å²) in [5.41, 5.74) is 0. The van der Waals surface area contributed by atoms with E-state index in [2.05, 4.69) is 25.1 Å². The number of aromatic amines is 1. The molecule has 0 unspecified atom stereocenters. The number of nitrogens with zero attached hydrogens (tertiary/aromatic N) is 4. The smallest absolute Gasteiger partial charge is 0.290 e. The molecule has 2 fully saturated rings. The number of imidazole rings is 1. The highest BCUT2D eigenvalue weighted by Gasteiger charge is 2.32. The Morgan fingerprint density at radius 3 is 2.61 bits per heavy atom. The summed E-state index contributed by atoms with van der Waals surface area (Å²) in [5.74, 6) is 0.364. The van der Waals surface area contributed by atoms with Crippen LogP contribution < -0.4 is 5.32 Å². The molecule has 2 aliphatic rings. The van der Waals surface area contributed by atoms with Crippen molar-refractivity contribution in [2.45, 2.75) is 18.9 Å². The summed E-state index contributed by atoms with van der Waals surface area (Å²) in [6.07, 6.45) is 4.78. The van der Waals surface area contributed by atoms with Gasteiger partial charge >= 0.3 is 0 Å². The van der Waals surface area contributed by atoms with Crippen molar-refractivity contribution in [3.05, 3.63) is 18.2 Å². The fourth-order valence-electron chi connectivity index (χ4n) is 4.04. The number of methoxy groups -OCH3 is 1. The van der Waals surface area contributed by atoms with Gasteiger partial charge in [-0.05, 0) is 19.9 Å². The van der Waals surface area contributed by atoms with E-state index in [-0.39, 0.29) is 30.2 Å². The van der Waals surface area contributed by atoms with Gasteiger partial charge < -0.3 is 29.9 Å². The van der Waals surface area contributed by atoms with Crippen molar-refractivity contribution < 1.29 is 24.2 Å². The summed E-state index contributed by atoms with van der Waals surface area (Å²) >= 11 is 0. The fourth-order valence-corrected chi connectivity index (χ4v) is 4.04. The summed E-state index contributed by atoms with van der Waals surface area (Å²) in [6, 6.07) is 0.0197. The maximum Gasteiger partial charge on any atom is 0.290 e. The maximum absolute atomic E-state index is 13.0. The molecule has 2 saturated heterocycles. The van der Waals surface area contributed by atoms with E-state index >= 15 is 0 Å². The van der Waals surface area contributed by atoms with Crippen molar-refractivity contribution >= 4 is 18.3 Å². The number of rotatable bonds is 6. The number of H-pyrrole nitrogens is 1. The van der Waals surface area contributed by atoms with E-state index < -0.39 is 0 Å². The Morgan fingerprint density at radius 2 is 2.00 bits per heavy atom. The average Bonchev–Trinajstić information content (AvgIpc) is 3.24. The number of hydrogen-bond donors (Lipinski definition) is 3. The molecule has 0 bridgehead atoms. The minimum Gasteiger partial charge on any atom is -0.483 e. The van der Waals surface area contributed by atoms with E-state index in [1.807, 2.05) is 11.9 Å². The van der Waals surface area contributed by atoms with E-state index in [0.717, 1.165) is 65.3 Å². The number of aromatic nitrogens is 2. The number of nitrogens with one attached hydrogen (secondary N) is 2. The quantitative estimate of drug-likeness (QED) is 0.499. The van der Waals surface area contributed by atoms with Crippen molar-refractivity contribution in [2.24, 2.45) is 5.92 Å². The van der Waals surface area contributed by atoms with Crippen molar-refractivity contribution in [2.75, 3.05) is 66.6 Å². The number of likely N-dealkylation sites (N-methyl/N-ethyl adjacent to an activating group) is 1. The van der Waals surface area contributed by atoms with Crippen LogP contribution in [0.3, 0.4) is 0 Å². The summed E-state index contributed by atoms with van der Waals surface area (Å²) in [6.45, 7) is 6.23. The summed E-state index contributed by atoms with van der Waals surface area (Å²) < 4.78 is 5.14. The van der Waals surface area contributed by atoms with Gasteiger partial charge in [-0.1, -0.05) is 0 Å². The summed E-state index contributed by atoms with van der Waals surface area (Å²) in [4.78, 5) is 47.0. The molecule has 0 aromatic carbocycles. The highest BCUT2D eigenvalue weighted by atomic mass is 16.5. The standard InChI is InChI=1S/C19H32N6O3.CH2O2/c1-23-13-15(19(27)25-9-7-24(8-10-25)11-12-28-2)3-4-16(14-23)22-18(26)17-20-5-6-21-17;2-1-3/h5-6,15-16H,3-4,7-14H2,1-2H3,(H,20,21)(H,22,26);1H,(H,2,3)/t15-,16+;/m1./s1. The molecule has 0 aliphatic carbocycles. The maximum atomic E-state index is 13.0. The molecule has 3 N–H and O–H groups in total. The molecule has 0 radical (unpaired) electrons. The molecule has 0 saturated carbocycles. The number of carboxylic acid groups (broad SMARTS) is 1. The number of likely N-dealkylation sites (tertiary alicyclic amines) is 1. The first-order valence-corrected chi connectivity index (χ1v) is 10.5. The van der Waals surface area contributed by atoms with Crippen LogP contribution in [0.1, 0.15) is 23.5 Å². The summed E-state index contributed by atoms with van der Waals surface area (Å²) in [7, 11) is 3.73. The molecule has 2 amide bonds. The van der Waals surface area contributed by atoms with Gasteiger partial charge in [0.25, 0.3) is 12.4 Å². The van der Waals surface area contributed by atoms with Crippen LogP contribution in [-0.4, -0.2) is 121 Å². The Hall–Kier alpha value is -2.50. The van der Waals surface area contributed by atoms with Crippen LogP contribution in [0.2, 0.25) is 0 Å². The minimum atomic E-state index is -0.250. The Balaban J connectivity index is 0.00000107. The van der Waals surface area contributed by atoms with Gasteiger partial charge in [0.15, 0.2) is 5.82 Å². The van der Waals surface area contributed by atoms with Gasteiger partial charge in [-0.2, -0.15) is 0 Å². The molecule has 1 aromatic rings. The second kappa shape index (κ2) is 13.0. The first-order valence-electron chi connectivity index (χ1n) is 10.5. The van der Waals surface area contributed by atoms with Crippen LogP contribution in [0.25, 0.3) is 0 Å². The van der Waals surface area contributed by atoms with Crippen LogP contribution in [0.15, 0.2) is 12.4 Å². The van der Waals surface area contributed by atoms with Crippen LogP contribution in [0.5, 0.6) is 0 Å². The van der Waals surface area contributed by atoms with Crippen LogP contribution in [0, 0.1) is 5.92 Å². The lowest BCUT2D eigenvalue weighted by atomic mass is 10.00. The fraction of sp³-hybridized carbons (Fsp3) is 0.700. The molecule has 3 heterocycles. The van der Waals surface area contributed by atoms with Gasteiger partial charge in [0, 0.05) is 71.4 Å². The van der Waals surface area contributed by atoms with E-state index in [4.69, 9.17) is 14.6 Å². The third-order valence-electron chi connectivity index (χ3n) is 5.62. The van der Waals surface area contributed by atoms with Gasteiger partial charge in [-0.25, -0.2) is 4.98 Å². The molecule has 11 heteroatoms. The number of carbonyl (C=O) groups is 3. The lowest BCUT2D eigenvalue weighted by molar-refractivity contribution is -0.138. The van der Waals surface area contributed by atoms with Crippen molar-refractivity contribution in [1.29, 1.82) is 0 Å². The SMILES string of the molecule is COCCN1CCN(C(=O)[C@@H]2CC[C@H](NC(=O)c3ncc[nH]3)CN(C)C2)CC1.O=CO. The first kappa shape index (κ1) is 24.8. The molecular weight excluding hydrogens is 404 g/mol. The zero-order valence-corrected chi connectivity index (χ0v) is 18.3. The Bertz CT molecular complexity index is 678. The monoisotopic (exact) mass is 438 g/mol. The van der Waals surface area contributed by atoms with Crippen molar-refractivity contribution in [1.82, 2.24) is 30.0 Å². The topological polar surface area (TPSA) is 131 Å². The second-order valence-corrected chi connectivity index (χ2v) is 7.87. The van der Waals surface area contributed by atoms with Gasteiger partial charge in [-0.15, -0.1) is 0 Å². The lowest BCUT2D eigenvalue weighted by Gasteiger charge is -2.36. The van der Waals surface area contributed by atoms with E-state index in [0.29, 0.717) is 5.82 Å². The zero-order chi connectivity index (χ0) is 22.6. The third kappa shape index (κ3) is 7.93. The van der Waals surface area contributed by atoms with Crippen LogP contribution in [-0.2, 0) is 14.3 Å². The van der Waals surface area contributed by atoms with E-state index in [1.165, 1.54) is 0 Å². The predicted molar refractivity (Wildman–Crippen MR) is 114 cm³/mol. The number of carbonyl (C=O) groups excluding carboxylic acids is 2. The number of piperazine rings is 1. The normalized spacial score (nSPS) is 22.7. The summed E-state index contributed by atoms with van der Waals surface area (Å²) in [5, 5.41) is 9.93. The Morgan fingerprint density at radius 1 is 1.29 bits per heavy atom. The van der Waals surface area contributed by atoms with E-state index in [9.17, 15) is 9.59 Å².